The Morgan fingerprint density at radius 2 is 2.00 bits per heavy atom. The van der Waals surface area contributed by atoms with Gasteiger partial charge in [0.15, 0.2) is 11.5 Å². The summed E-state index contributed by atoms with van der Waals surface area (Å²) in [4.78, 5) is 29.2. The van der Waals surface area contributed by atoms with Crippen molar-refractivity contribution in [1.29, 1.82) is 0 Å². The lowest BCUT2D eigenvalue weighted by molar-refractivity contribution is -0.117. The van der Waals surface area contributed by atoms with E-state index in [1.807, 2.05) is 0 Å². The first-order valence-corrected chi connectivity index (χ1v) is 12.6. The minimum atomic E-state index is -2.84. The maximum absolute atomic E-state index is 13.2. The molecule has 0 bridgehead atoms. The van der Waals surface area contributed by atoms with Gasteiger partial charge in [-0.05, 0) is 12.8 Å². The SMILES string of the molecule is CN=S(C)(=O)c1cc(OCCCOC)cnc1Nc1cc(NC(=O)C2CC2)nnc1C(=O)NC. The van der Waals surface area contributed by atoms with Crippen LogP contribution in [0, 0.1) is 5.92 Å². The largest absolute Gasteiger partial charge is 0.492 e. The first-order chi connectivity index (χ1) is 16.3. The molecule has 0 radical (unpaired) electrons. The predicted octanol–water partition coefficient (Wildman–Crippen LogP) is 1.83. The van der Waals surface area contributed by atoms with E-state index in [4.69, 9.17) is 9.47 Å². The number of methoxy groups -OCH3 is 1. The topological polar surface area (TPSA) is 157 Å². The zero-order valence-electron chi connectivity index (χ0n) is 19.6. The summed E-state index contributed by atoms with van der Waals surface area (Å²) in [6.07, 6.45) is 5.31. The number of nitrogens with zero attached hydrogens (tertiary/aromatic N) is 4. The molecule has 1 atom stereocenters. The second-order valence-corrected chi connectivity index (χ2v) is 10.1. The van der Waals surface area contributed by atoms with Gasteiger partial charge in [0.1, 0.15) is 11.6 Å². The molecule has 0 spiro atoms. The Morgan fingerprint density at radius 1 is 1.24 bits per heavy atom. The fourth-order valence-electron chi connectivity index (χ4n) is 2.92. The van der Waals surface area contributed by atoms with Crippen molar-refractivity contribution in [2.75, 3.05) is 51.3 Å². The molecule has 1 saturated carbocycles. The molecule has 12 nitrogen and oxygen atoms in total. The number of aromatic nitrogens is 3. The highest BCUT2D eigenvalue weighted by atomic mass is 32.2. The Morgan fingerprint density at radius 3 is 2.65 bits per heavy atom. The summed E-state index contributed by atoms with van der Waals surface area (Å²) < 4.78 is 27.9. The Balaban J connectivity index is 1.96. The van der Waals surface area contributed by atoms with E-state index in [0.717, 1.165) is 12.8 Å². The average molecular weight is 492 g/mol. The third kappa shape index (κ3) is 6.38. The van der Waals surface area contributed by atoms with Crippen molar-refractivity contribution in [2.24, 2.45) is 10.3 Å². The number of hydrogen-bond donors (Lipinski definition) is 3. The molecule has 34 heavy (non-hydrogen) atoms. The van der Waals surface area contributed by atoms with Crippen molar-refractivity contribution < 1.29 is 23.3 Å². The third-order valence-corrected chi connectivity index (χ3v) is 6.86. The summed E-state index contributed by atoms with van der Waals surface area (Å²) in [6.45, 7) is 0.945. The number of hydrogen-bond acceptors (Lipinski definition) is 10. The van der Waals surface area contributed by atoms with E-state index in [1.165, 1.54) is 32.6 Å². The molecule has 0 aromatic carbocycles. The highest BCUT2D eigenvalue weighted by molar-refractivity contribution is 7.93. The first kappa shape index (κ1) is 25.3. The normalized spacial score (nSPS) is 14.6. The number of carbonyl (C=O) groups is 2. The van der Waals surface area contributed by atoms with Crippen LogP contribution < -0.4 is 20.7 Å². The standard InChI is InChI=1S/C21H29N7O5S/c1-22-21(30)18-15(11-17(27-28-18)26-20(29)13-6-7-13)25-19-16(34(4,31)23-2)10-14(12-24-19)33-9-5-8-32-3/h10-13H,5-9H2,1-4H3,(H,22,30)(H2,24,25,26,27,29). The Bertz CT molecular complexity index is 1180. The van der Waals surface area contributed by atoms with Crippen LogP contribution in [0.3, 0.4) is 0 Å². The molecule has 2 heterocycles. The van der Waals surface area contributed by atoms with E-state index in [9.17, 15) is 13.8 Å². The van der Waals surface area contributed by atoms with Gasteiger partial charge in [0.25, 0.3) is 5.91 Å². The number of ether oxygens (including phenoxy) is 2. The van der Waals surface area contributed by atoms with Crippen LogP contribution in [0.2, 0.25) is 0 Å². The number of carbonyl (C=O) groups excluding carboxylic acids is 2. The number of amides is 2. The average Bonchev–Trinajstić information content (AvgIpc) is 3.68. The summed E-state index contributed by atoms with van der Waals surface area (Å²) in [6, 6.07) is 3.08. The molecule has 1 fully saturated rings. The molecule has 1 aliphatic carbocycles. The molecule has 3 N–H and O–H groups in total. The molecule has 2 aromatic rings. The maximum atomic E-state index is 13.2. The zero-order chi connectivity index (χ0) is 24.7. The van der Waals surface area contributed by atoms with E-state index < -0.39 is 15.6 Å². The zero-order valence-corrected chi connectivity index (χ0v) is 20.4. The van der Waals surface area contributed by atoms with Crippen LogP contribution in [-0.4, -0.2) is 71.9 Å². The number of anilines is 3. The Hall–Kier alpha value is -3.32. The predicted molar refractivity (Wildman–Crippen MR) is 127 cm³/mol. The highest BCUT2D eigenvalue weighted by Gasteiger charge is 2.30. The van der Waals surface area contributed by atoms with Crippen molar-refractivity contribution in [3.8, 4) is 5.75 Å². The van der Waals surface area contributed by atoms with Gasteiger partial charge in [0.2, 0.25) is 5.91 Å². The molecule has 0 saturated heterocycles. The Labute approximate surface area is 198 Å². The molecule has 3 rings (SSSR count). The van der Waals surface area contributed by atoms with Crippen molar-refractivity contribution in [1.82, 2.24) is 20.5 Å². The van der Waals surface area contributed by atoms with Crippen molar-refractivity contribution in [3.63, 3.8) is 0 Å². The molecule has 2 aromatic heterocycles. The van der Waals surface area contributed by atoms with Gasteiger partial charge in [-0.25, -0.2) is 13.6 Å². The molecule has 184 valence electrons. The van der Waals surface area contributed by atoms with Crippen molar-refractivity contribution >= 4 is 38.9 Å². The lowest BCUT2D eigenvalue weighted by atomic mass is 10.2. The van der Waals surface area contributed by atoms with E-state index >= 15 is 0 Å². The summed E-state index contributed by atoms with van der Waals surface area (Å²) in [5.74, 6) is 0.142. The Kier molecular flexibility index (Phi) is 8.34. The van der Waals surface area contributed by atoms with Crippen molar-refractivity contribution in [3.05, 3.63) is 24.0 Å². The number of pyridine rings is 1. The van der Waals surface area contributed by atoms with Gasteiger partial charge >= 0.3 is 0 Å². The van der Waals surface area contributed by atoms with E-state index in [0.29, 0.717) is 30.3 Å². The fraction of sp³-hybridized carbons (Fsp3) is 0.476. The third-order valence-electron chi connectivity index (χ3n) is 5.03. The molecule has 1 aliphatic rings. The molecular formula is C21H29N7O5S. The van der Waals surface area contributed by atoms with Crippen LogP contribution >= 0.6 is 0 Å². The summed E-state index contributed by atoms with van der Waals surface area (Å²) in [7, 11) is 1.69. The monoisotopic (exact) mass is 491 g/mol. The van der Waals surface area contributed by atoms with E-state index in [-0.39, 0.29) is 34.8 Å². The van der Waals surface area contributed by atoms with Crippen LogP contribution in [0.1, 0.15) is 29.8 Å². The minimum absolute atomic E-state index is 0.0180. The van der Waals surface area contributed by atoms with E-state index in [2.05, 4.69) is 35.5 Å². The van der Waals surface area contributed by atoms with Crippen LogP contribution in [-0.2, 0) is 19.3 Å². The molecule has 0 aliphatic heterocycles. The lowest BCUT2D eigenvalue weighted by Crippen LogP contribution is -2.23. The molecular weight excluding hydrogens is 462 g/mol. The van der Waals surface area contributed by atoms with Crippen molar-refractivity contribution in [2.45, 2.75) is 24.2 Å². The van der Waals surface area contributed by atoms with Gasteiger partial charge in [0.05, 0.1) is 33.1 Å². The summed E-state index contributed by atoms with van der Waals surface area (Å²) in [5.41, 5.74) is 0.213. The lowest BCUT2D eigenvalue weighted by Gasteiger charge is -2.16. The first-order valence-electron chi connectivity index (χ1n) is 10.7. The van der Waals surface area contributed by atoms with Crippen LogP contribution in [0.15, 0.2) is 27.6 Å². The highest BCUT2D eigenvalue weighted by Crippen LogP contribution is 2.31. The fourth-order valence-corrected chi connectivity index (χ4v) is 3.91. The smallest absolute Gasteiger partial charge is 0.273 e. The summed E-state index contributed by atoms with van der Waals surface area (Å²) >= 11 is 0. The summed E-state index contributed by atoms with van der Waals surface area (Å²) in [5, 5.41) is 16.1. The van der Waals surface area contributed by atoms with Gasteiger partial charge in [-0.1, -0.05) is 0 Å². The van der Waals surface area contributed by atoms with Crippen LogP contribution in [0.4, 0.5) is 17.3 Å². The van der Waals surface area contributed by atoms with Crippen LogP contribution in [0.5, 0.6) is 5.75 Å². The molecule has 2 amide bonds. The number of nitrogens with one attached hydrogen (secondary N) is 3. The second-order valence-electron chi connectivity index (χ2n) is 7.66. The molecule has 1 unspecified atom stereocenters. The van der Waals surface area contributed by atoms with Crippen LogP contribution in [0.25, 0.3) is 0 Å². The van der Waals surface area contributed by atoms with Gasteiger partial charge in [0, 0.05) is 58.5 Å². The van der Waals surface area contributed by atoms with Gasteiger partial charge in [-0.3, -0.25) is 9.59 Å². The molecule has 13 heteroatoms. The number of rotatable bonds is 11. The van der Waals surface area contributed by atoms with Gasteiger partial charge in [-0.15, -0.1) is 10.2 Å². The van der Waals surface area contributed by atoms with Gasteiger partial charge < -0.3 is 25.4 Å². The van der Waals surface area contributed by atoms with E-state index in [1.54, 1.807) is 13.2 Å². The quantitative estimate of drug-likeness (QED) is 0.399. The minimum Gasteiger partial charge on any atom is -0.492 e. The second kappa shape index (κ2) is 11.2. The van der Waals surface area contributed by atoms with Gasteiger partial charge in [-0.2, -0.15) is 0 Å². The maximum Gasteiger partial charge on any atom is 0.273 e.